The molecular formula is C26H30N2O4S. The molecule has 0 aliphatic heterocycles. The molecule has 2 unspecified atom stereocenters. The molecule has 33 heavy (non-hydrogen) atoms. The Hall–Kier alpha value is -3.32. The Labute approximate surface area is 196 Å². The van der Waals surface area contributed by atoms with E-state index >= 15 is 0 Å². The predicted molar refractivity (Wildman–Crippen MR) is 132 cm³/mol. The number of anilines is 1. The maximum atomic E-state index is 13.0. The molecule has 0 aliphatic rings. The molecule has 3 aromatic carbocycles. The molecule has 0 fully saturated rings. The minimum Gasteiger partial charge on any atom is -0.457 e. The van der Waals surface area contributed by atoms with E-state index in [-0.39, 0.29) is 11.9 Å². The van der Waals surface area contributed by atoms with Crippen LogP contribution in [0.1, 0.15) is 36.6 Å². The summed E-state index contributed by atoms with van der Waals surface area (Å²) in [6, 6.07) is 20.8. The highest BCUT2D eigenvalue weighted by Gasteiger charge is 2.30. The van der Waals surface area contributed by atoms with Crippen molar-refractivity contribution in [2.75, 3.05) is 10.6 Å². The molecule has 0 saturated heterocycles. The van der Waals surface area contributed by atoms with Crippen molar-refractivity contribution in [2.24, 2.45) is 0 Å². The van der Waals surface area contributed by atoms with Crippen molar-refractivity contribution in [3.05, 3.63) is 89.5 Å². The van der Waals surface area contributed by atoms with Gasteiger partial charge in [0.25, 0.3) is 0 Å². The van der Waals surface area contributed by atoms with Gasteiger partial charge in [-0.25, -0.2) is 8.42 Å². The fraction of sp³-hybridized carbons (Fsp3) is 0.269. The van der Waals surface area contributed by atoms with E-state index in [1.807, 2.05) is 63.2 Å². The van der Waals surface area contributed by atoms with E-state index in [9.17, 15) is 13.2 Å². The summed E-state index contributed by atoms with van der Waals surface area (Å²) in [4.78, 5) is 13.0. The molecule has 1 N–H and O–H groups in total. The molecule has 3 rings (SSSR count). The highest BCUT2D eigenvalue weighted by molar-refractivity contribution is 7.92. The van der Waals surface area contributed by atoms with Crippen LogP contribution in [0.2, 0.25) is 0 Å². The van der Waals surface area contributed by atoms with Crippen molar-refractivity contribution in [2.45, 2.75) is 39.8 Å². The highest BCUT2D eigenvalue weighted by Crippen LogP contribution is 2.27. The van der Waals surface area contributed by atoms with Crippen LogP contribution in [0.15, 0.2) is 72.8 Å². The van der Waals surface area contributed by atoms with E-state index in [0.29, 0.717) is 17.2 Å². The van der Waals surface area contributed by atoms with Gasteiger partial charge in [0.1, 0.15) is 17.5 Å². The molecule has 0 aliphatic carbocycles. The number of hydrogen-bond donors (Lipinski definition) is 1. The van der Waals surface area contributed by atoms with Gasteiger partial charge in [0, 0.05) is 0 Å². The molecule has 0 radical (unpaired) electrons. The van der Waals surface area contributed by atoms with Crippen LogP contribution >= 0.6 is 0 Å². The number of rotatable bonds is 8. The molecular weight excluding hydrogens is 436 g/mol. The lowest BCUT2D eigenvalue weighted by molar-refractivity contribution is -0.122. The zero-order valence-electron chi connectivity index (χ0n) is 19.6. The lowest BCUT2D eigenvalue weighted by atomic mass is 10.00. The summed E-state index contributed by atoms with van der Waals surface area (Å²) >= 11 is 0. The number of carbonyl (C=O) groups is 1. The number of carbonyl (C=O) groups excluding carboxylic acids is 1. The van der Waals surface area contributed by atoms with Gasteiger partial charge < -0.3 is 10.1 Å². The van der Waals surface area contributed by atoms with Crippen molar-refractivity contribution in [1.82, 2.24) is 5.32 Å². The molecule has 3 aromatic rings. The molecule has 0 saturated carbocycles. The summed E-state index contributed by atoms with van der Waals surface area (Å²) < 4.78 is 32.1. The number of aryl methyl sites for hydroxylation is 2. The van der Waals surface area contributed by atoms with Crippen LogP contribution in [0.4, 0.5) is 5.69 Å². The fourth-order valence-electron chi connectivity index (χ4n) is 3.82. The van der Waals surface area contributed by atoms with Crippen LogP contribution in [0.25, 0.3) is 0 Å². The third-order valence-corrected chi connectivity index (χ3v) is 6.65. The van der Waals surface area contributed by atoms with Crippen molar-refractivity contribution in [1.29, 1.82) is 0 Å². The number of sulfonamides is 1. The summed E-state index contributed by atoms with van der Waals surface area (Å²) in [7, 11) is -3.72. The first-order valence-corrected chi connectivity index (χ1v) is 12.6. The second kappa shape index (κ2) is 10.1. The quantitative estimate of drug-likeness (QED) is 0.499. The van der Waals surface area contributed by atoms with Gasteiger partial charge in [-0.1, -0.05) is 42.0 Å². The SMILES string of the molecule is Cc1ccc(C(C)NC(=O)C(C)N(c2ccc(Oc3ccccc3)cc2)S(C)(=O)=O)c(C)c1. The van der Waals surface area contributed by atoms with Crippen LogP contribution in [0.3, 0.4) is 0 Å². The summed E-state index contributed by atoms with van der Waals surface area (Å²) in [6.45, 7) is 7.49. The van der Waals surface area contributed by atoms with Crippen molar-refractivity contribution in [3.63, 3.8) is 0 Å². The standard InChI is InChI=1S/C26H30N2O4S/c1-18-11-16-25(19(2)17-18)20(3)27-26(29)21(4)28(33(5,30)31)22-12-14-24(15-13-22)32-23-9-7-6-8-10-23/h6-17,20-21H,1-5H3,(H,27,29). The van der Waals surface area contributed by atoms with Gasteiger partial charge in [0.05, 0.1) is 18.0 Å². The topological polar surface area (TPSA) is 75.7 Å². The van der Waals surface area contributed by atoms with E-state index in [4.69, 9.17) is 4.74 Å². The minimum absolute atomic E-state index is 0.261. The van der Waals surface area contributed by atoms with Crippen molar-refractivity contribution >= 4 is 21.6 Å². The first-order valence-electron chi connectivity index (χ1n) is 10.8. The molecule has 7 heteroatoms. The van der Waals surface area contributed by atoms with Gasteiger partial charge in [-0.15, -0.1) is 0 Å². The smallest absolute Gasteiger partial charge is 0.244 e. The summed E-state index contributed by atoms with van der Waals surface area (Å²) in [5.41, 5.74) is 3.60. The molecule has 2 atom stereocenters. The number of hydrogen-bond acceptors (Lipinski definition) is 4. The van der Waals surface area contributed by atoms with E-state index in [1.54, 1.807) is 31.2 Å². The number of ether oxygens (including phenoxy) is 1. The van der Waals surface area contributed by atoms with Gasteiger partial charge >= 0.3 is 0 Å². The van der Waals surface area contributed by atoms with Crippen molar-refractivity contribution < 1.29 is 17.9 Å². The Morgan fingerprint density at radius 1 is 0.909 bits per heavy atom. The Morgan fingerprint density at radius 2 is 1.52 bits per heavy atom. The monoisotopic (exact) mass is 466 g/mol. The molecule has 6 nitrogen and oxygen atoms in total. The summed E-state index contributed by atoms with van der Waals surface area (Å²) in [5.74, 6) is 0.870. The number of benzene rings is 3. The zero-order chi connectivity index (χ0) is 24.2. The molecule has 0 spiro atoms. The maximum absolute atomic E-state index is 13.0. The lowest BCUT2D eigenvalue weighted by Gasteiger charge is -2.29. The Balaban J connectivity index is 1.78. The average Bonchev–Trinajstić information content (AvgIpc) is 2.74. The number of nitrogens with zero attached hydrogens (tertiary/aromatic N) is 1. The van der Waals surface area contributed by atoms with Gasteiger partial charge in [-0.2, -0.15) is 0 Å². The third-order valence-electron chi connectivity index (χ3n) is 5.41. The van der Waals surface area contributed by atoms with Gasteiger partial charge in [-0.3, -0.25) is 9.10 Å². The predicted octanol–water partition coefficient (Wildman–Crippen LogP) is 5.13. The molecule has 174 valence electrons. The van der Waals surface area contributed by atoms with Crippen molar-refractivity contribution in [3.8, 4) is 11.5 Å². The molecule has 0 bridgehead atoms. The van der Waals surface area contributed by atoms with Crippen LogP contribution in [-0.2, 0) is 14.8 Å². The number of amides is 1. The third kappa shape index (κ3) is 6.14. The molecule has 0 aromatic heterocycles. The second-order valence-electron chi connectivity index (χ2n) is 8.23. The average molecular weight is 467 g/mol. The van der Waals surface area contributed by atoms with Crippen LogP contribution in [0, 0.1) is 13.8 Å². The zero-order valence-corrected chi connectivity index (χ0v) is 20.4. The largest absolute Gasteiger partial charge is 0.457 e. The Morgan fingerprint density at radius 3 is 2.09 bits per heavy atom. The van der Waals surface area contributed by atoms with Gasteiger partial charge in [0.2, 0.25) is 15.9 Å². The van der Waals surface area contributed by atoms with E-state index in [2.05, 4.69) is 11.4 Å². The van der Waals surface area contributed by atoms with E-state index in [0.717, 1.165) is 27.3 Å². The van der Waals surface area contributed by atoms with E-state index in [1.165, 1.54) is 0 Å². The molecule has 1 amide bonds. The first kappa shape index (κ1) is 24.3. The van der Waals surface area contributed by atoms with Crippen LogP contribution < -0.4 is 14.4 Å². The maximum Gasteiger partial charge on any atom is 0.244 e. The molecule has 0 heterocycles. The summed E-state index contributed by atoms with van der Waals surface area (Å²) in [5, 5.41) is 2.95. The number of para-hydroxylation sites is 1. The fourth-order valence-corrected chi connectivity index (χ4v) is 4.99. The van der Waals surface area contributed by atoms with Gasteiger partial charge in [-0.05, 0) is 75.2 Å². The van der Waals surface area contributed by atoms with Gasteiger partial charge in [0.15, 0.2) is 0 Å². The Kier molecular flexibility index (Phi) is 7.43. The lowest BCUT2D eigenvalue weighted by Crippen LogP contribution is -2.48. The number of nitrogens with one attached hydrogen (secondary N) is 1. The minimum atomic E-state index is -3.72. The summed E-state index contributed by atoms with van der Waals surface area (Å²) in [6.07, 6.45) is 1.10. The first-order chi connectivity index (χ1) is 15.6. The Bertz CT molecular complexity index is 1210. The van der Waals surface area contributed by atoms with Crippen LogP contribution in [-0.4, -0.2) is 26.6 Å². The highest BCUT2D eigenvalue weighted by atomic mass is 32.2. The normalized spacial score (nSPS) is 13.1. The second-order valence-corrected chi connectivity index (χ2v) is 10.1. The van der Waals surface area contributed by atoms with E-state index < -0.39 is 16.1 Å². The van der Waals surface area contributed by atoms with Crippen LogP contribution in [0.5, 0.6) is 11.5 Å².